The minimum atomic E-state index is 0.267. The summed E-state index contributed by atoms with van der Waals surface area (Å²) < 4.78 is 0. The molecular weight excluding hydrogens is 242 g/mol. The minimum Gasteiger partial charge on any atom is -0.303 e. The summed E-state index contributed by atoms with van der Waals surface area (Å²) in [7, 11) is 0. The van der Waals surface area contributed by atoms with Crippen molar-refractivity contribution >= 4 is 0 Å². The van der Waals surface area contributed by atoms with E-state index in [2.05, 4.69) is 56.9 Å². The van der Waals surface area contributed by atoms with Crippen LogP contribution in [-0.4, -0.2) is 24.5 Å². The maximum atomic E-state index is 2.64. The minimum absolute atomic E-state index is 0.267. The van der Waals surface area contributed by atoms with Gasteiger partial charge in [0.25, 0.3) is 0 Å². The Labute approximate surface area is 125 Å². The zero-order chi connectivity index (χ0) is 14.6. The third-order valence-corrected chi connectivity index (χ3v) is 4.64. The lowest BCUT2D eigenvalue weighted by Gasteiger charge is -2.30. The average Bonchev–Trinajstić information content (AvgIpc) is 2.41. The van der Waals surface area contributed by atoms with E-state index >= 15 is 0 Å². The van der Waals surface area contributed by atoms with E-state index in [4.69, 9.17) is 0 Å². The Morgan fingerprint density at radius 1 is 1.05 bits per heavy atom. The Balaban J connectivity index is 1.74. The molecule has 1 aliphatic heterocycles. The summed E-state index contributed by atoms with van der Waals surface area (Å²) in [5.41, 5.74) is 3.19. The lowest BCUT2D eigenvalue weighted by Crippen LogP contribution is -2.33. The van der Waals surface area contributed by atoms with Gasteiger partial charge in [-0.05, 0) is 67.8 Å². The molecule has 0 spiro atoms. The summed E-state index contributed by atoms with van der Waals surface area (Å²) >= 11 is 0. The molecule has 2 rings (SSSR count). The predicted molar refractivity (Wildman–Crippen MR) is 88.3 cm³/mol. The molecule has 1 fully saturated rings. The molecule has 1 nitrogen and oxygen atoms in total. The van der Waals surface area contributed by atoms with E-state index in [0.29, 0.717) is 0 Å². The summed E-state index contributed by atoms with van der Waals surface area (Å²) in [6.07, 6.45) is 5.29. The number of nitrogens with zero attached hydrogens (tertiary/aromatic N) is 1. The number of piperidine rings is 1. The van der Waals surface area contributed by atoms with E-state index in [9.17, 15) is 0 Å². The van der Waals surface area contributed by atoms with Crippen molar-refractivity contribution in [2.24, 2.45) is 5.92 Å². The smallest absolute Gasteiger partial charge is 0.00156 e. The predicted octanol–water partition coefficient (Wildman–Crippen LogP) is 4.65. The van der Waals surface area contributed by atoms with Crippen molar-refractivity contribution in [3.8, 4) is 0 Å². The van der Waals surface area contributed by atoms with Gasteiger partial charge in [0.1, 0.15) is 0 Å². The zero-order valence-corrected chi connectivity index (χ0v) is 13.8. The van der Waals surface area contributed by atoms with Crippen molar-refractivity contribution in [1.82, 2.24) is 4.90 Å². The highest BCUT2D eigenvalue weighted by Gasteiger charge is 2.15. The van der Waals surface area contributed by atoms with Crippen LogP contribution in [0.15, 0.2) is 24.3 Å². The second kappa shape index (κ2) is 6.76. The second-order valence-electron chi connectivity index (χ2n) is 7.57. The van der Waals surface area contributed by atoms with Crippen LogP contribution in [0.4, 0.5) is 0 Å². The quantitative estimate of drug-likeness (QED) is 0.772. The molecule has 1 heterocycles. The van der Waals surface area contributed by atoms with Gasteiger partial charge in [-0.25, -0.2) is 0 Å². The SMILES string of the molecule is CC1CCN(CCCc2ccc(C(C)(C)C)cc2)CC1. The van der Waals surface area contributed by atoms with Crippen LogP contribution in [0.5, 0.6) is 0 Å². The molecule has 0 radical (unpaired) electrons. The first-order valence-electron chi connectivity index (χ1n) is 8.27. The fourth-order valence-corrected chi connectivity index (χ4v) is 2.96. The highest BCUT2D eigenvalue weighted by molar-refractivity contribution is 5.27. The van der Waals surface area contributed by atoms with Crippen LogP contribution in [0.2, 0.25) is 0 Å². The first kappa shape index (κ1) is 15.6. The molecule has 1 aromatic rings. The number of rotatable bonds is 4. The summed E-state index contributed by atoms with van der Waals surface area (Å²) in [6.45, 7) is 13.1. The molecule has 1 aliphatic rings. The summed E-state index contributed by atoms with van der Waals surface area (Å²) in [5.74, 6) is 0.941. The van der Waals surface area contributed by atoms with Gasteiger partial charge in [-0.2, -0.15) is 0 Å². The van der Waals surface area contributed by atoms with Crippen molar-refractivity contribution in [2.75, 3.05) is 19.6 Å². The Kier molecular flexibility index (Phi) is 5.26. The summed E-state index contributed by atoms with van der Waals surface area (Å²) in [6, 6.07) is 9.24. The monoisotopic (exact) mass is 273 g/mol. The van der Waals surface area contributed by atoms with E-state index in [0.717, 1.165) is 5.92 Å². The van der Waals surface area contributed by atoms with Crippen LogP contribution < -0.4 is 0 Å². The average molecular weight is 273 g/mol. The van der Waals surface area contributed by atoms with Gasteiger partial charge >= 0.3 is 0 Å². The van der Waals surface area contributed by atoms with E-state index in [1.54, 1.807) is 0 Å². The molecule has 0 amide bonds. The largest absolute Gasteiger partial charge is 0.303 e. The Bertz CT molecular complexity index is 391. The van der Waals surface area contributed by atoms with Crippen LogP contribution in [0, 0.1) is 5.92 Å². The summed E-state index contributed by atoms with van der Waals surface area (Å²) in [4.78, 5) is 2.64. The van der Waals surface area contributed by atoms with Crippen LogP contribution in [-0.2, 0) is 11.8 Å². The van der Waals surface area contributed by atoms with E-state index < -0.39 is 0 Å². The van der Waals surface area contributed by atoms with Crippen LogP contribution in [0.1, 0.15) is 58.1 Å². The van der Waals surface area contributed by atoms with Gasteiger partial charge in [0.05, 0.1) is 0 Å². The van der Waals surface area contributed by atoms with Crippen molar-refractivity contribution < 1.29 is 0 Å². The van der Waals surface area contributed by atoms with Gasteiger partial charge in [-0.3, -0.25) is 0 Å². The first-order valence-corrected chi connectivity index (χ1v) is 8.27. The third-order valence-electron chi connectivity index (χ3n) is 4.64. The molecule has 1 heteroatoms. The van der Waals surface area contributed by atoms with E-state index in [-0.39, 0.29) is 5.41 Å². The molecule has 112 valence electrons. The van der Waals surface area contributed by atoms with E-state index in [1.807, 2.05) is 0 Å². The molecule has 0 saturated carbocycles. The van der Waals surface area contributed by atoms with Gasteiger partial charge < -0.3 is 4.90 Å². The van der Waals surface area contributed by atoms with Crippen molar-refractivity contribution in [2.45, 2.75) is 58.8 Å². The van der Waals surface area contributed by atoms with Crippen LogP contribution in [0.25, 0.3) is 0 Å². The maximum Gasteiger partial charge on any atom is -0.00156 e. The Morgan fingerprint density at radius 3 is 2.20 bits per heavy atom. The van der Waals surface area contributed by atoms with Crippen LogP contribution >= 0.6 is 0 Å². The molecule has 0 unspecified atom stereocenters. The third kappa shape index (κ3) is 4.63. The van der Waals surface area contributed by atoms with Crippen molar-refractivity contribution in [3.05, 3.63) is 35.4 Å². The Hall–Kier alpha value is -0.820. The van der Waals surface area contributed by atoms with Crippen LogP contribution in [0.3, 0.4) is 0 Å². The lowest BCUT2D eigenvalue weighted by atomic mass is 9.86. The van der Waals surface area contributed by atoms with Gasteiger partial charge in [0.15, 0.2) is 0 Å². The highest BCUT2D eigenvalue weighted by atomic mass is 15.1. The topological polar surface area (TPSA) is 3.24 Å². The molecule has 0 atom stereocenters. The first-order chi connectivity index (χ1) is 9.45. The molecule has 0 aromatic heterocycles. The molecule has 1 aromatic carbocycles. The molecule has 0 aliphatic carbocycles. The maximum absolute atomic E-state index is 2.64. The number of likely N-dealkylation sites (tertiary alicyclic amines) is 1. The van der Waals surface area contributed by atoms with Gasteiger partial charge in [0, 0.05) is 0 Å². The fraction of sp³-hybridized carbons (Fsp3) is 0.684. The van der Waals surface area contributed by atoms with Gasteiger partial charge in [0.2, 0.25) is 0 Å². The fourth-order valence-electron chi connectivity index (χ4n) is 2.96. The van der Waals surface area contributed by atoms with Crippen molar-refractivity contribution in [3.63, 3.8) is 0 Å². The van der Waals surface area contributed by atoms with Crippen molar-refractivity contribution in [1.29, 1.82) is 0 Å². The molecular formula is C19H31N. The summed E-state index contributed by atoms with van der Waals surface area (Å²) in [5, 5.41) is 0. The normalized spacial score (nSPS) is 18.4. The standard InChI is InChI=1S/C19H31N/c1-16-11-14-20(15-12-16)13-5-6-17-7-9-18(10-8-17)19(2,3)4/h7-10,16H,5-6,11-15H2,1-4H3. The molecule has 0 N–H and O–H groups in total. The molecule has 1 saturated heterocycles. The highest BCUT2D eigenvalue weighted by Crippen LogP contribution is 2.22. The number of hydrogen-bond donors (Lipinski definition) is 0. The molecule has 20 heavy (non-hydrogen) atoms. The molecule has 0 bridgehead atoms. The van der Waals surface area contributed by atoms with E-state index in [1.165, 1.54) is 56.4 Å². The second-order valence-corrected chi connectivity index (χ2v) is 7.57. The number of aryl methyl sites for hydroxylation is 1. The van der Waals surface area contributed by atoms with Gasteiger partial charge in [-0.1, -0.05) is 52.0 Å². The lowest BCUT2D eigenvalue weighted by molar-refractivity contribution is 0.191. The van der Waals surface area contributed by atoms with Gasteiger partial charge in [-0.15, -0.1) is 0 Å². The zero-order valence-electron chi connectivity index (χ0n) is 13.8. The number of benzene rings is 1. The Morgan fingerprint density at radius 2 is 1.65 bits per heavy atom. The number of hydrogen-bond acceptors (Lipinski definition) is 1.